The highest BCUT2D eigenvalue weighted by Gasteiger charge is 2.38. The first-order valence-corrected chi connectivity index (χ1v) is 9.70. The molecule has 7 heteroatoms. The topological polar surface area (TPSA) is 75.6 Å². The number of ether oxygens (including phenoxy) is 1. The number of aryl methyl sites for hydroxylation is 1. The molecule has 2 aliphatic heterocycles. The van der Waals surface area contributed by atoms with Crippen molar-refractivity contribution in [3.8, 4) is 5.88 Å². The number of carbonyl (C=O) groups is 2. The van der Waals surface area contributed by atoms with E-state index in [4.69, 9.17) is 4.74 Å². The van der Waals surface area contributed by atoms with Crippen molar-refractivity contribution in [2.75, 3.05) is 24.5 Å². The van der Waals surface area contributed by atoms with Crippen LogP contribution in [0.2, 0.25) is 0 Å². The van der Waals surface area contributed by atoms with Crippen molar-refractivity contribution in [1.82, 2.24) is 15.1 Å². The van der Waals surface area contributed by atoms with Crippen LogP contribution in [0.15, 0.2) is 42.6 Å². The molecule has 2 aromatic rings. The van der Waals surface area contributed by atoms with E-state index in [1.807, 2.05) is 36.1 Å². The maximum absolute atomic E-state index is 13.0. The zero-order chi connectivity index (χ0) is 19.5. The molecule has 0 N–H and O–H groups in total. The van der Waals surface area contributed by atoms with Gasteiger partial charge in [0.2, 0.25) is 17.7 Å². The van der Waals surface area contributed by atoms with Gasteiger partial charge in [0.1, 0.15) is 6.10 Å². The molecule has 2 atom stereocenters. The van der Waals surface area contributed by atoms with Crippen molar-refractivity contribution in [1.29, 1.82) is 0 Å². The van der Waals surface area contributed by atoms with E-state index >= 15 is 0 Å². The Morgan fingerprint density at radius 1 is 1.18 bits per heavy atom. The summed E-state index contributed by atoms with van der Waals surface area (Å²) in [5, 5.41) is 7.77. The van der Waals surface area contributed by atoms with E-state index < -0.39 is 0 Å². The van der Waals surface area contributed by atoms with Crippen molar-refractivity contribution in [3.05, 3.63) is 48.2 Å². The van der Waals surface area contributed by atoms with Crippen LogP contribution in [-0.4, -0.2) is 52.6 Å². The Morgan fingerprint density at radius 2 is 2.00 bits per heavy atom. The van der Waals surface area contributed by atoms with Crippen LogP contribution in [0.5, 0.6) is 5.88 Å². The molecule has 0 spiro atoms. The van der Waals surface area contributed by atoms with Crippen LogP contribution in [0.25, 0.3) is 0 Å². The van der Waals surface area contributed by atoms with Crippen LogP contribution in [0.3, 0.4) is 0 Å². The number of hydrogen-bond acceptors (Lipinski definition) is 5. The van der Waals surface area contributed by atoms with E-state index in [0.717, 1.165) is 24.1 Å². The van der Waals surface area contributed by atoms with Gasteiger partial charge in [-0.15, -0.1) is 5.10 Å². The Hall–Kier alpha value is -2.96. The van der Waals surface area contributed by atoms with Gasteiger partial charge in [-0.1, -0.05) is 17.7 Å². The third-order valence-corrected chi connectivity index (χ3v) is 5.34. The zero-order valence-electron chi connectivity index (χ0n) is 16.0. The summed E-state index contributed by atoms with van der Waals surface area (Å²) in [6.45, 7) is 3.67. The zero-order valence-corrected chi connectivity index (χ0v) is 16.0. The first-order chi connectivity index (χ1) is 13.6. The molecule has 2 saturated heterocycles. The van der Waals surface area contributed by atoms with Gasteiger partial charge in [-0.3, -0.25) is 9.59 Å². The number of nitrogens with zero attached hydrogens (tertiary/aromatic N) is 4. The molecule has 4 rings (SSSR count). The molecule has 1 aromatic heterocycles. The predicted octanol–water partition coefficient (Wildman–Crippen LogP) is 2.21. The molecule has 28 heavy (non-hydrogen) atoms. The number of likely N-dealkylation sites (tertiary alicyclic amines) is 1. The summed E-state index contributed by atoms with van der Waals surface area (Å²) in [7, 11) is 0. The average molecular weight is 380 g/mol. The predicted molar refractivity (Wildman–Crippen MR) is 104 cm³/mol. The van der Waals surface area contributed by atoms with E-state index in [0.29, 0.717) is 25.5 Å². The Labute approximate surface area is 164 Å². The summed E-state index contributed by atoms with van der Waals surface area (Å²) < 4.78 is 5.88. The average Bonchev–Trinajstić information content (AvgIpc) is 3.10. The highest BCUT2D eigenvalue weighted by molar-refractivity contribution is 6.00. The van der Waals surface area contributed by atoms with Gasteiger partial charge in [0.05, 0.1) is 12.5 Å². The van der Waals surface area contributed by atoms with Gasteiger partial charge in [0, 0.05) is 37.5 Å². The third-order valence-electron chi connectivity index (χ3n) is 5.34. The van der Waals surface area contributed by atoms with Crippen LogP contribution in [0.1, 0.15) is 24.8 Å². The molecule has 1 aromatic carbocycles. The van der Waals surface area contributed by atoms with Gasteiger partial charge in [-0.2, -0.15) is 5.10 Å². The number of aromatic nitrogens is 2. The number of rotatable bonds is 4. The SMILES string of the molecule is Cc1ccc(N2CC(C(=O)N3CCCC(Oc4cccnn4)C3)CC2=O)cc1. The second kappa shape index (κ2) is 7.96. The summed E-state index contributed by atoms with van der Waals surface area (Å²) in [6.07, 6.45) is 3.51. The minimum absolute atomic E-state index is 0.00609. The van der Waals surface area contributed by atoms with E-state index in [2.05, 4.69) is 10.2 Å². The fourth-order valence-corrected chi connectivity index (χ4v) is 3.86. The highest BCUT2D eigenvalue weighted by Crippen LogP contribution is 2.28. The molecule has 2 aliphatic rings. The first-order valence-electron chi connectivity index (χ1n) is 9.70. The second-order valence-electron chi connectivity index (χ2n) is 7.47. The number of piperidine rings is 1. The van der Waals surface area contributed by atoms with Crippen LogP contribution >= 0.6 is 0 Å². The molecule has 0 bridgehead atoms. The summed E-state index contributed by atoms with van der Waals surface area (Å²) in [5.74, 6) is 0.217. The van der Waals surface area contributed by atoms with Crippen LogP contribution < -0.4 is 9.64 Å². The molecule has 0 aliphatic carbocycles. The van der Waals surface area contributed by atoms with Crippen molar-refractivity contribution in [3.63, 3.8) is 0 Å². The summed E-state index contributed by atoms with van der Waals surface area (Å²) in [4.78, 5) is 29.1. The number of carbonyl (C=O) groups excluding carboxylic acids is 2. The lowest BCUT2D eigenvalue weighted by Crippen LogP contribution is -2.47. The summed E-state index contributed by atoms with van der Waals surface area (Å²) in [5.41, 5.74) is 2.00. The van der Waals surface area contributed by atoms with E-state index in [-0.39, 0.29) is 30.3 Å². The Kier molecular flexibility index (Phi) is 5.23. The molecule has 3 heterocycles. The monoisotopic (exact) mass is 380 g/mol. The van der Waals surface area contributed by atoms with E-state index in [1.165, 1.54) is 0 Å². The summed E-state index contributed by atoms with van der Waals surface area (Å²) >= 11 is 0. The molecule has 0 radical (unpaired) electrons. The van der Waals surface area contributed by atoms with Crippen molar-refractivity contribution < 1.29 is 14.3 Å². The number of benzene rings is 1. The standard InChI is InChI=1S/C21H24N4O3/c1-15-6-8-17(9-7-15)25-13-16(12-20(25)26)21(27)24-11-3-4-18(14-24)28-19-5-2-10-22-23-19/h2,5-10,16,18H,3-4,11-14H2,1H3. The van der Waals surface area contributed by atoms with Gasteiger partial charge < -0.3 is 14.5 Å². The molecule has 146 valence electrons. The lowest BCUT2D eigenvalue weighted by Gasteiger charge is -2.34. The number of hydrogen-bond donors (Lipinski definition) is 0. The fraction of sp³-hybridized carbons (Fsp3) is 0.429. The minimum atomic E-state index is -0.302. The summed E-state index contributed by atoms with van der Waals surface area (Å²) in [6, 6.07) is 11.4. The van der Waals surface area contributed by atoms with Crippen molar-refractivity contribution >= 4 is 17.5 Å². The lowest BCUT2D eigenvalue weighted by molar-refractivity contribution is -0.138. The van der Waals surface area contributed by atoms with Crippen LogP contribution in [0.4, 0.5) is 5.69 Å². The van der Waals surface area contributed by atoms with Crippen LogP contribution in [-0.2, 0) is 9.59 Å². The smallest absolute Gasteiger partial charge is 0.233 e. The van der Waals surface area contributed by atoms with Gasteiger partial charge in [-0.25, -0.2) is 0 Å². The second-order valence-corrected chi connectivity index (χ2v) is 7.47. The van der Waals surface area contributed by atoms with E-state index in [9.17, 15) is 9.59 Å². The molecule has 7 nitrogen and oxygen atoms in total. The van der Waals surface area contributed by atoms with Crippen molar-refractivity contribution in [2.24, 2.45) is 5.92 Å². The molecule has 2 fully saturated rings. The minimum Gasteiger partial charge on any atom is -0.471 e. The largest absolute Gasteiger partial charge is 0.471 e. The van der Waals surface area contributed by atoms with E-state index in [1.54, 1.807) is 23.2 Å². The molecule has 2 unspecified atom stereocenters. The van der Waals surface area contributed by atoms with Crippen molar-refractivity contribution in [2.45, 2.75) is 32.3 Å². The van der Waals surface area contributed by atoms with Crippen LogP contribution in [0, 0.1) is 12.8 Å². The van der Waals surface area contributed by atoms with Gasteiger partial charge >= 0.3 is 0 Å². The van der Waals surface area contributed by atoms with Gasteiger partial charge in [0.15, 0.2) is 0 Å². The molecule has 2 amide bonds. The maximum atomic E-state index is 13.0. The van der Waals surface area contributed by atoms with Gasteiger partial charge in [-0.05, 0) is 38.0 Å². The highest BCUT2D eigenvalue weighted by atomic mass is 16.5. The Bertz CT molecular complexity index is 840. The number of anilines is 1. The molecular formula is C21H24N4O3. The first kappa shape index (κ1) is 18.4. The quantitative estimate of drug-likeness (QED) is 0.813. The lowest BCUT2D eigenvalue weighted by atomic mass is 10.0. The Morgan fingerprint density at radius 3 is 2.75 bits per heavy atom. The third kappa shape index (κ3) is 3.98. The van der Waals surface area contributed by atoms with Gasteiger partial charge in [0.25, 0.3) is 0 Å². The maximum Gasteiger partial charge on any atom is 0.233 e. The molecular weight excluding hydrogens is 356 g/mol. The number of amides is 2. The fourth-order valence-electron chi connectivity index (χ4n) is 3.86. The normalized spacial score (nSPS) is 22.4. The Balaban J connectivity index is 1.38. The molecule has 0 saturated carbocycles.